The van der Waals surface area contributed by atoms with Gasteiger partial charge in [-0.1, -0.05) is 0 Å². The number of methoxy groups -OCH3 is 4. The molecule has 10 heteroatoms. The number of aromatic nitrogens is 3. The number of H-pyrrole nitrogens is 1. The van der Waals surface area contributed by atoms with E-state index in [0.717, 1.165) is 5.69 Å². The first-order valence-corrected chi connectivity index (χ1v) is 10.6. The lowest BCUT2D eigenvalue weighted by molar-refractivity contribution is -0.140. The largest absolute Gasteiger partial charge is 0.507 e. The molecular weight excluding hydrogens is 442 g/mol. The van der Waals surface area contributed by atoms with Crippen molar-refractivity contribution in [3.63, 3.8) is 0 Å². The van der Waals surface area contributed by atoms with Crippen molar-refractivity contribution in [2.24, 2.45) is 0 Å². The van der Waals surface area contributed by atoms with E-state index in [0.29, 0.717) is 41.5 Å². The average Bonchev–Trinajstić information content (AvgIpc) is 3.35. The molecule has 0 saturated carbocycles. The molecule has 0 aliphatic carbocycles. The Labute approximate surface area is 197 Å². The molecule has 2 heterocycles. The van der Waals surface area contributed by atoms with Crippen molar-refractivity contribution in [1.29, 1.82) is 0 Å². The maximum absolute atomic E-state index is 13.6. The summed E-state index contributed by atoms with van der Waals surface area (Å²) in [6, 6.07) is 4.83. The summed E-state index contributed by atoms with van der Waals surface area (Å²) in [6.45, 7) is 2.10. The van der Waals surface area contributed by atoms with Gasteiger partial charge in [0.1, 0.15) is 5.75 Å². The van der Waals surface area contributed by atoms with E-state index < -0.39 is 17.4 Å². The van der Waals surface area contributed by atoms with Crippen molar-refractivity contribution in [1.82, 2.24) is 14.5 Å². The summed E-state index contributed by atoms with van der Waals surface area (Å²) in [4.78, 5) is 33.0. The number of imidazole rings is 1. The molecule has 0 spiro atoms. The molecule has 2 aromatic heterocycles. The molecule has 3 rings (SSSR count). The number of benzene rings is 1. The number of hydrogen-bond acceptors (Lipinski definition) is 8. The number of rotatable bonds is 10. The van der Waals surface area contributed by atoms with E-state index >= 15 is 0 Å². The van der Waals surface area contributed by atoms with Crippen LogP contribution in [-0.4, -0.2) is 54.1 Å². The predicted octanol–water partition coefficient (Wildman–Crippen LogP) is 2.55. The molecule has 0 amide bonds. The molecule has 3 aromatic rings. The number of aromatic amines is 1. The van der Waals surface area contributed by atoms with Crippen LogP contribution in [0.1, 0.15) is 34.9 Å². The van der Waals surface area contributed by atoms with Crippen molar-refractivity contribution in [3.8, 4) is 23.0 Å². The normalized spacial score (nSPS) is 11.7. The molecule has 182 valence electrons. The molecule has 0 fully saturated rings. The maximum atomic E-state index is 13.6. The fraction of sp³-hybridized carbons (Fsp3) is 0.375. The average molecular weight is 472 g/mol. The topological polar surface area (TPSA) is 125 Å². The second kappa shape index (κ2) is 10.8. The van der Waals surface area contributed by atoms with Crippen LogP contribution in [0.3, 0.4) is 0 Å². The van der Waals surface area contributed by atoms with Gasteiger partial charge in [-0.05, 0) is 30.7 Å². The third-order valence-corrected chi connectivity index (χ3v) is 5.72. The van der Waals surface area contributed by atoms with Gasteiger partial charge < -0.3 is 33.6 Å². The van der Waals surface area contributed by atoms with Gasteiger partial charge in [-0.15, -0.1) is 0 Å². The van der Waals surface area contributed by atoms with Gasteiger partial charge in [0.2, 0.25) is 5.75 Å². The fourth-order valence-electron chi connectivity index (χ4n) is 3.97. The second-order valence-corrected chi connectivity index (χ2v) is 7.66. The lowest BCUT2D eigenvalue weighted by Crippen LogP contribution is -2.29. The van der Waals surface area contributed by atoms with E-state index in [1.807, 2.05) is 0 Å². The van der Waals surface area contributed by atoms with E-state index in [1.165, 1.54) is 34.5 Å². The van der Waals surface area contributed by atoms with Crippen LogP contribution in [0.15, 0.2) is 35.5 Å². The Hall–Kier alpha value is -3.95. The molecule has 0 aliphatic heterocycles. The van der Waals surface area contributed by atoms with Crippen LogP contribution in [0.5, 0.6) is 23.0 Å². The first kappa shape index (κ1) is 24.7. The Morgan fingerprint density at radius 1 is 1.12 bits per heavy atom. The number of nitrogens with zero attached hydrogens (tertiary/aromatic N) is 2. The quantitative estimate of drug-likeness (QED) is 0.432. The van der Waals surface area contributed by atoms with Crippen LogP contribution >= 0.6 is 0 Å². The number of esters is 1. The minimum atomic E-state index is -0.826. The van der Waals surface area contributed by atoms with E-state index in [1.54, 1.807) is 36.1 Å². The number of nitrogens with one attached hydrogen (secondary N) is 1. The number of aryl methyl sites for hydroxylation is 2. The predicted molar refractivity (Wildman–Crippen MR) is 124 cm³/mol. The standard InChI is InChI=1S/C24H29N3O7/c1-14-8-18(28)22(24(30)27(14)7-6-16-12-25-13-26-16)17(11-21(29)33-4)15-9-19(31-2)23(34-5)20(10-15)32-3/h8-10,12-13,17,28H,6-7,11H2,1-5H3,(H,25,26). The lowest BCUT2D eigenvalue weighted by atomic mass is 9.87. The monoisotopic (exact) mass is 471 g/mol. The van der Waals surface area contributed by atoms with Gasteiger partial charge >= 0.3 is 5.97 Å². The van der Waals surface area contributed by atoms with Gasteiger partial charge in [-0.2, -0.15) is 0 Å². The summed E-state index contributed by atoms with van der Waals surface area (Å²) in [5.74, 6) is -0.482. The third kappa shape index (κ3) is 5.00. The summed E-state index contributed by atoms with van der Waals surface area (Å²) >= 11 is 0. The van der Waals surface area contributed by atoms with Crippen molar-refractivity contribution in [2.75, 3.05) is 28.4 Å². The van der Waals surface area contributed by atoms with Crippen LogP contribution in [-0.2, 0) is 22.5 Å². The van der Waals surface area contributed by atoms with Crippen LogP contribution in [0.4, 0.5) is 0 Å². The Bertz CT molecular complexity index is 1180. The third-order valence-electron chi connectivity index (χ3n) is 5.72. The SMILES string of the molecule is COC(=O)CC(c1cc(OC)c(OC)c(OC)c1)c1c(O)cc(C)n(CCc2cnc[nH]2)c1=O. The van der Waals surface area contributed by atoms with Crippen LogP contribution < -0.4 is 19.8 Å². The van der Waals surface area contributed by atoms with Crippen molar-refractivity contribution < 1.29 is 28.8 Å². The number of carbonyl (C=O) groups excluding carboxylic acids is 1. The van der Waals surface area contributed by atoms with Crippen LogP contribution in [0.2, 0.25) is 0 Å². The van der Waals surface area contributed by atoms with E-state index in [-0.39, 0.29) is 17.7 Å². The molecule has 1 aromatic carbocycles. The number of carbonyl (C=O) groups is 1. The molecular formula is C24H29N3O7. The Morgan fingerprint density at radius 3 is 2.32 bits per heavy atom. The summed E-state index contributed by atoms with van der Waals surface area (Å²) in [7, 11) is 5.70. The molecule has 1 unspecified atom stereocenters. The van der Waals surface area contributed by atoms with Crippen LogP contribution in [0, 0.1) is 6.92 Å². The van der Waals surface area contributed by atoms with Gasteiger partial charge in [0.25, 0.3) is 5.56 Å². The fourth-order valence-corrected chi connectivity index (χ4v) is 3.97. The van der Waals surface area contributed by atoms with Gasteiger partial charge in [0, 0.05) is 36.5 Å². The molecule has 0 saturated heterocycles. The highest BCUT2D eigenvalue weighted by molar-refractivity contribution is 5.72. The summed E-state index contributed by atoms with van der Waals surface area (Å²) in [5.41, 5.74) is 1.66. The molecule has 1 atom stereocenters. The highest BCUT2D eigenvalue weighted by Crippen LogP contribution is 2.43. The summed E-state index contributed by atoms with van der Waals surface area (Å²) in [5, 5.41) is 10.9. The van der Waals surface area contributed by atoms with Crippen molar-refractivity contribution in [3.05, 3.63) is 63.6 Å². The van der Waals surface area contributed by atoms with Gasteiger partial charge in [-0.25, -0.2) is 4.98 Å². The van der Waals surface area contributed by atoms with Gasteiger partial charge in [0.05, 0.1) is 46.8 Å². The number of aromatic hydroxyl groups is 1. The first-order valence-electron chi connectivity index (χ1n) is 10.6. The van der Waals surface area contributed by atoms with Gasteiger partial charge in [-0.3, -0.25) is 9.59 Å². The Morgan fingerprint density at radius 2 is 1.79 bits per heavy atom. The second-order valence-electron chi connectivity index (χ2n) is 7.66. The van der Waals surface area contributed by atoms with E-state index in [2.05, 4.69) is 9.97 Å². The maximum Gasteiger partial charge on any atom is 0.306 e. The molecule has 0 aliphatic rings. The van der Waals surface area contributed by atoms with Crippen molar-refractivity contribution in [2.45, 2.75) is 32.2 Å². The zero-order valence-electron chi connectivity index (χ0n) is 19.9. The van der Waals surface area contributed by atoms with E-state index in [4.69, 9.17) is 18.9 Å². The van der Waals surface area contributed by atoms with Gasteiger partial charge in [0.15, 0.2) is 11.5 Å². The lowest BCUT2D eigenvalue weighted by Gasteiger charge is -2.22. The number of hydrogen-bond donors (Lipinski definition) is 2. The minimum absolute atomic E-state index is 0.0786. The molecule has 34 heavy (non-hydrogen) atoms. The Balaban J connectivity index is 2.17. The summed E-state index contributed by atoms with van der Waals surface area (Å²) < 4.78 is 22.7. The molecule has 10 nitrogen and oxygen atoms in total. The summed E-state index contributed by atoms with van der Waals surface area (Å²) in [6.07, 6.45) is 3.63. The smallest absolute Gasteiger partial charge is 0.306 e. The molecule has 0 radical (unpaired) electrons. The molecule has 0 bridgehead atoms. The highest BCUT2D eigenvalue weighted by Gasteiger charge is 2.29. The van der Waals surface area contributed by atoms with Crippen LogP contribution in [0.25, 0.3) is 0 Å². The first-order chi connectivity index (χ1) is 16.3. The minimum Gasteiger partial charge on any atom is -0.507 e. The zero-order valence-corrected chi connectivity index (χ0v) is 19.9. The van der Waals surface area contributed by atoms with E-state index in [9.17, 15) is 14.7 Å². The van der Waals surface area contributed by atoms with Crippen molar-refractivity contribution >= 4 is 5.97 Å². The highest BCUT2D eigenvalue weighted by atomic mass is 16.5. The zero-order chi connectivity index (χ0) is 24.8. The number of pyridine rings is 1. The Kier molecular flexibility index (Phi) is 7.83. The number of ether oxygens (including phenoxy) is 4. The molecule has 2 N–H and O–H groups in total.